The van der Waals surface area contributed by atoms with Gasteiger partial charge in [-0.05, 0) is 59.0 Å². The molecule has 0 saturated carbocycles. The molecular weight excluding hydrogens is 238 g/mol. The van der Waals surface area contributed by atoms with Crippen molar-refractivity contribution >= 4 is 5.91 Å². The van der Waals surface area contributed by atoms with Gasteiger partial charge in [-0.1, -0.05) is 0 Å². The van der Waals surface area contributed by atoms with Crippen molar-refractivity contribution in [1.29, 1.82) is 0 Å². The van der Waals surface area contributed by atoms with E-state index in [4.69, 9.17) is 0 Å². The van der Waals surface area contributed by atoms with Crippen LogP contribution in [0.15, 0.2) is 0 Å². The van der Waals surface area contributed by atoms with Crippen LogP contribution in [0.3, 0.4) is 0 Å². The Bertz CT molecular complexity index is 298. The first-order valence-corrected chi connectivity index (χ1v) is 7.76. The van der Waals surface area contributed by atoms with E-state index in [9.17, 15) is 4.79 Å². The molecule has 2 atom stereocenters. The highest BCUT2D eigenvalue weighted by molar-refractivity contribution is 5.82. The largest absolute Gasteiger partial charge is 0.341 e. The average Bonchev–Trinajstić information content (AvgIpc) is 2.38. The SMILES string of the molecule is CC1CCCC(C(=O)N2CCC(CN(C)C)CC2)N1. The van der Waals surface area contributed by atoms with E-state index in [1.54, 1.807) is 0 Å². The lowest BCUT2D eigenvalue weighted by Crippen LogP contribution is -2.53. The Morgan fingerprint density at radius 1 is 1.21 bits per heavy atom. The quantitative estimate of drug-likeness (QED) is 0.837. The predicted octanol–water partition coefficient (Wildman–Crippen LogP) is 1.32. The predicted molar refractivity (Wildman–Crippen MR) is 78.1 cm³/mol. The zero-order valence-corrected chi connectivity index (χ0v) is 12.7. The Morgan fingerprint density at radius 2 is 1.89 bits per heavy atom. The van der Waals surface area contributed by atoms with Crippen LogP contribution in [0.4, 0.5) is 0 Å². The van der Waals surface area contributed by atoms with Crippen LogP contribution in [0.25, 0.3) is 0 Å². The summed E-state index contributed by atoms with van der Waals surface area (Å²) in [6, 6.07) is 0.572. The zero-order chi connectivity index (χ0) is 13.8. The Hall–Kier alpha value is -0.610. The van der Waals surface area contributed by atoms with Crippen molar-refractivity contribution in [2.75, 3.05) is 33.7 Å². The molecule has 4 heteroatoms. The molecule has 19 heavy (non-hydrogen) atoms. The van der Waals surface area contributed by atoms with Crippen LogP contribution in [0.1, 0.15) is 39.0 Å². The molecule has 2 heterocycles. The molecule has 2 aliphatic heterocycles. The van der Waals surface area contributed by atoms with E-state index < -0.39 is 0 Å². The van der Waals surface area contributed by atoms with E-state index in [0.717, 1.165) is 44.8 Å². The molecule has 1 N–H and O–H groups in total. The highest BCUT2D eigenvalue weighted by atomic mass is 16.2. The molecule has 2 saturated heterocycles. The Balaban J connectivity index is 1.78. The minimum atomic E-state index is 0.0779. The summed E-state index contributed by atoms with van der Waals surface area (Å²) in [4.78, 5) is 16.8. The van der Waals surface area contributed by atoms with Gasteiger partial charge in [-0.15, -0.1) is 0 Å². The summed E-state index contributed by atoms with van der Waals surface area (Å²) in [7, 11) is 4.26. The molecule has 2 aliphatic rings. The normalized spacial score (nSPS) is 29.8. The van der Waals surface area contributed by atoms with Crippen molar-refractivity contribution < 1.29 is 4.79 Å². The fraction of sp³-hybridized carbons (Fsp3) is 0.933. The van der Waals surface area contributed by atoms with Gasteiger partial charge >= 0.3 is 0 Å². The summed E-state index contributed by atoms with van der Waals surface area (Å²) in [5, 5.41) is 3.46. The molecule has 0 spiro atoms. The van der Waals surface area contributed by atoms with Gasteiger partial charge in [-0.3, -0.25) is 4.79 Å². The first-order valence-electron chi connectivity index (χ1n) is 7.76. The van der Waals surface area contributed by atoms with E-state index in [1.807, 2.05) is 0 Å². The molecule has 0 aromatic rings. The molecule has 1 amide bonds. The minimum Gasteiger partial charge on any atom is -0.341 e. The lowest BCUT2D eigenvalue weighted by Gasteiger charge is -2.37. The molecule has 0 aliphatic carbocycles. The van der Waals surface area contributed by atoms with Gasteiger partial charge in [0.25, 0.3) is 0 Å². The van der Waals surface area contributed by atoms with Crippen LogP contribution >= 0.6 is 0 Å². The Labute approximate surface area is 117 Å². The molecule has 2 unspecified atom stereocenters. The third-order valence-corrected chi connectivity index (χ3v) is 4.46. The molecule has 4 nitrogen and oxygen atoms in total. The number of piperidine rings is 2. The molecule has 0 bridgehead atoms. The van der Waals surface area contributed by atoms with E-state index >= 15 is 0 Å². The van der Waals surface area contributed by atoms with Gasteiger partial charge in [-0.25, -0.2) is 0 Å². The van der Waals surface area contributed by atoms with Crippen LogP contribution in [0.5, 0.6) is 0 Å². The highest BCUT2D eigenvalue weighted by Gasteiger charge is 2.30. The molecule has 110 valence electrons. The van der Waals surface area contributed by atoms with E-state index in [0.29, 0.717) is 11.9 Å². The number of likely N-dealkylation sites (tertiary alicyclic amines) is 1. The number of amides is 1. The summed E-state index contributed by atoms with van der Waals surface area (Å²) in [5.41, 5.74) is 0. The zero-order valence-electron chi connectivity index (χ0n) is 12.7. The van der Waals surface area contributed by atoms with Crippen LogP contribution < -0.4 is 5.32 Å². The standard InChI is InChI=1S/C15H29N3O/c1-12-5-4-6-14(16-12)15(19)18-9-7-13(8-10-18)11-17(2)3/h12-14,16H,4-11H2,1-3H3. The number of carbonyl (C=O) groups is 1. The Kier molecular flexibility index (Phi) is 5.22. The maximum Gasteiger partial charge on any atom is 0.239 e. The topological polar surface area (TPSA) is 35.6 Å². The number of nitrogens with one attached hydrogen (secondary N) is 1. The maximum absolute atomic E-state index is 12.5. The number of rotatable bonds is 3. The van der Waals surface area contributed by atoms with Gasteiger partial charge in [0, 0.05) is 25.7 Å². The summed E-state index contributed by atoms with van der Waals surface area (Å²) in [6.45, 7) is 5.23. The molecule has 0 aromatic heterocycles. The van der Waals surface area contributed by atoms with Crippen molar-refractivity contribution in [3.63, 3.8) is 0 Å². The van der Waals surface area contributed by atoms with Crippen molar-refractivity contribution in [2.24, 2.45) is 5.92 Å². The fourth-order valence-corrected chi connectivity index (χ4v) is 3.41. The number of nitrogens with zero attached hydrogens (tertiary/aromatic N) is 2. The van der Waals surface area contributed by atoms with E-state index in [1.165, 1.54) is 12.8 Å². The maximum atomic E-state index is 12.5. The van der Waals surface area contributed by atoms with Gasteiger partial charge in [-0.2, -0.15) is 0 Å². The minimum absolute atomic E-state index is 0.0779. The second-order valence-electron chi connectivity index (χ2n) is 6.58. The first-order chi connectivity index (χ1) is 9.06. The highest BCUT2D eigenvalue weighted by Crippen LogP contribution is 2.20. The van der Waals surface area contributed by atoms with E-state index in [-0.39, 0.29) is 6.04 Å². The van der Waals surface area contributed by atoms with Gasteiger partial charge in [0.15, 0.2) is 0 Å². The monoisotopic (exact) mass is 267 g/mol. The van der Waals surface area contributed by atoms with Crippen molar-refractivity contribution in [3.05, 3.63) is 0 Å². The van der Waals surface area contributed by atoms with Crippen LogP contribution in [0.2, 0.25) is 0 Å². The lowest BCUT2D eigenvalue weighted by atomic mass is 9.94. The summed E-state index contributed by atoms with van der Waals surface area (Å²) >= 11 is 0. The van der Waals surface area contributed by atoms with Crippen molar-refractivity contribution in [2.45, 2.75) is 51.1 Å². The smallest absolute Gasteiger partial charge is 0.239 e. The van der Waals surface area contributed by atoms with Crippen LogP contribution in [-0.4, -0.2) is 61.5 Å². The third kappa shape index (κ3) is 4.18. The Morgan fingerprint density at radius 3 is 2.47 bits per heavy atom. The van der Waals surface area contributed by atoms with Crippen molar-refractivity contribution in [3.8, 4) is 0 Å². The number of hydrogen-bond donors (Lipinski definition) is 1. The van der Waals surface area contributed by atoms with Crippen LogP contribution in [0, 0.1) is 5.92 Å². The molecule has 0 aromatic carbocycles. The van der Waals surface area contributed by atoms with Gasteiger partial charge in [0.05, 0.1) is 6.04 Å². The molecular formula is C15H29N3O. The summed E-state index contributed by atoms with van der Waals surface area (Å²) < 4.78 is 0. The number of hydrogen-bond acceptors (Lipinski definition) is 3. The van der Waals surface area contributed by atoms with Crippen LogP contribution in [-0.2, 0) is 4.79 Å². The second-order valence-corrected chi connectivity index (χ2v) is 6.58. The lowest BCUT2D eigenvalue weighted by molar-refractivity contribution is -0.135. The van der Waals surface area contributed by atoms with E-state index in [2.05, 4.69) is 36.1 Å². The van der Waals surface area contributed by atoms with Crippen molar-refractivity contribution in [1.82, 2.24) is 15.1 Å². The molecule has 0 radical (unpaired) electrons. The summed E-state index contributed by atoms with van der Waals surface area (Å²) in [6.07, 6.45) is 5.72. The second kappa shape index (κ2) is 6.71. The number of carbonyl (C=O) groups excluding carboxylic acids is 1. The van der Waals surface area contributed by atoms with Gasteiger partial charge in [0.2, 0.25) is 5.91 Å². The van der Waals surface area contributed by atoms with Gasteiger partial charge < -0.3 is 15.1 Å². The molecule has 2 rings (SSSR count). The van der Waals surface area contributed by atoms with Gasteiger partial charge in [0.1, 0.15) is 0 Å². The summed E-state index contributed by atoms with van der Waals surface area (Å²) in [5.74, 6) is 1.10. The fourth-order valence-electron chi connectivity index (χ4n) is 3.41. The third-order valence-electron chi connectivity index (χ3n) is 4.46. The molecule has 2 fully saturated rings. The first kappa shape index (κ1) is 14.8. The average molecular weight is 267 g/mol.